The highest BCUT2D eigenvalue weighted by Crippen LogP contribution is 2.35. The topological polar surface area (TPSA) is 71.3 Å². The Balaban J connectivity index is 1.54. The molecule has 0 radical (unpaired) electrons. The summed E-state index contributed by atoms with van der Waals surface area (Å²) in [4.78, 5) is 8.95. The Bertz CT molecular complexity index is 1260. The third kappa shape index (κ3) is 3.89. The molecule has 0 spiro atoms. The van der Waals surface area contributed by atoms with E-state index in [2.05, 4.69) is 15.1 Å². The van der Waals surface area contributed by atoms with Crippen LogP contribution >= 0.6 is 0 Å². The van der Waals surface area contributed by atoms with E-state index in [0.29, 0.717) is 18.8 Å². The molecule has 2 aromatic heterocycles. The molecular weight excluding hydrogens is 411 g/mol. The maximum absolute atomic E-state index is 14.2. The lowest BCUT2D eigenvalue weighted by atomic mass is 10.0. The molecule has 5 rings (SSSR count). The van der Waals surface area contributed by atoms with E-state index in [0.717, 1.165) is 39.2 Å². The molecule has 1 aliphatic heterocycles. The predicted molar refractivity (Wildman–Crippen MR) is 118 cm³/mol. The van der Waals surface area contributed by atoms with Crippen molar-refractivity contribution in [3.8, 4) is 34.0 Å². The number of hydrogen-bond acceptors (Lipinski definition) is 6. The van der Waals surface area contributed by atoms with Gasteiger partial charge in [-0.25, -0.2) is 14.4 Å². The Hall–Kier alpha value is -3.52. The van der Waals surface area contributed by atoms with Gasteiger partial charge < -0.3 is 14.2 Å². The zero-order chi connectivity index (χ0) is 22.1. The number of rotatable bonds is 5. The summed E-state index contributed by atoms with van der Waals surface area (Å²) in [5.74, 6) is 1.34. The van der Waals surface area contributed by atoms with Crippen LogP contribution in [0.15, 0.2) is 55.0 Å². The number of nitrogens with zero attached hydrogens (tertiary/aromatic N) is 4. The van der Waals surface area contributed by atoms with Crippen LogP contribution in [0.1, 0.15) is 6.42 Å². The van der Waals surface area contributed by atoms with Gasteiger partial charge in [0, 0.05) is 42.2 Å². The molecule has 0 saturated carbocycles. The number of ether oxygens (including phenoxy) is 3. The van der Waals surface area contributed by atoms with Crippen molar-refractivity contribution in [2.24, 2.45) is 7.05 Å². The van der Waals surface area contributed by atoms with Gasteiger partial charge in [-0.3, -0.25) is 4.68 Å². The van der Waals surface area contributed by atoms with Gasteiger partial charge in [-0.05, 0) is 24.3 Å². The predicted octanol–water partition coefficient (Wildman–Crippen LogP) is 4.21. The van der Waals surface area contributed by atoms with Crippen LogP contribution in [0.5, 0.6) is 11.5 Å². The zero-order valence-electron chi connectivity index (χ0n) is 17.9. The zero-order valence-corrected chi connectivity index (χ0v) is 17.9. The summed E-state index contributed by atoms with van der Waals surface area (Å²) in [7, 11) is 3.50. The molecule has 32 heavy (non-hydrogen) atoms. The first-order valence-corrected chi connectivity index (χ1v) is 10.4. The van der Waals surface area contributed by atoms with Gasteiger partial charge in [0.2, 0.25) is 0 Å². The van der Waals surface area contributed by atoms with E-state index in [-0.39, 0.29) is 6.61 Å². The van der Waals surface area contributed by atoms with Gasteiger partial charge >= 0.3 is 0 Å². The Morgan fingerprint density at radius 1 is 1.09 bits per heavy atom. The van der Waals surface area contributed by atoms with Gasteiger partial charge in [-0.2, -0.15) is 5.10 Å². The van der Waals surface area contributed by atoms with E-state index in [1.807, 2.05) is 55.7 Å². The minimum atomic E-state index is -1.14. The smallest absolute Gasteiger partial charge is 0.160 e. The molecule has 3 heterocycles. The first-order chi connectivity index (χ1) is 15.6. The standard InChI is InChI=1S/C24H23FN4O3/c1-29-12-19(24-18-7-6-16(30-2)11-21(18)26-14-27-24)23(28-29)15-4-3-5-17(10-15)32-22-8-9-31-13-20(22)25/h3-7,10-12,14,20,22H,8-9,13H2,1-2H3/t20-,22-/m1/s1. The van der Waals surface area contributed by atoms with Gasteiger partial charge in [0.15, 0.2) is 6.17 Å². The first-order valence-electron chi connectivity index (χ1n) is 10.4. The van der Waals surface area contributed by atoms with Gasteiger partial charge in [0.25, 0.3) is 0 Å². The van der Waals surface area contributed by atoms with Crippen molar-refractivity contribution in [3.63, 3.8) is 0 Å². The number of methoxy groups -OCH3 is 1. The summed E-state index contributed by atoms with van der Waals surface area (Å²) in [5, 5.41) is 5.58. The molecule has 7 nitrogen and oxygen atoms in total. The summed E-state index contributed by atoms with van der Waals surface area (Å²) in [5.41, 5.74) is 4.06. The number of hydrogen-bond donors (Lipinski definition) is 0. The van der Waals surface area contributed by atoms with E-state index >= 15 is 0 Å². The average molecular weight is 434 g/mol. The van der Waals surface area contributed by atoms with Gasteiger partial charge in [0.05, 0.1) is 31.5 Å². The maximum atomic E-state index is 14.2. The lowest BCUT2D eigenvalue weighted by Gasteiger charge is -2.26. The quantitative estimate of drug-likeness (QED) is 0.469. The largest absolute Gasteiger partial charge is 0.497 e. The number of fused-ring (bicyclic) bond motifs is 1. The Kier molecular flexibility index (Phi) is 5.45. The lowest BCUT2D eigenvalue weighted by molar-refractivity contribution is -0.0382. The summed E-state index contributed by atoms with van der Waals surface area (Å²) < 4.78 is 32.4. The van der Waals surface area contributed by atoms with Crippen molar-refractivity contribution < 1.29 is 18.6 Å². The van der Waals surface area contributed by atoms with Crippen LogP contribution < -0.4 is 9.47 Å². The van der Waals surface area contributed by atoms with Crippen LogP contribution in [0.25, 0.3) is 33.4 Å². The Labute approximate surface area is 184 Å². The van der Waals surface area contributed by atoms with Gasteiger partial charge in [-0.1, -0.05) is 12.1 Å². The highest BCUT2D eigenvalue weighted by molar-refractivity contribution is 5.96. The van der Waals surface area contributed by atoms with Crippen LogP contribution in [0, 0.1) is 0 Å². The van der Waals surface area contributed by atoms with Crippen molar-refractivity contribution in [1.82, 2.24) is 19.7 Å². The SMILES string of the molecule is COc1ccc2c(-c3cn(C)nc3-c3cccc(O[C@@H]4CCOC[C@H]4F)c3)ncnc2c1. The lowest BCUT2D eigenvalue weighted by Crippen LogP contribution is -2.37. The highest BCUT2D eigenvalue weighted by atomic mass is 19.1. The molecule has 0 bridgehead atoms. The van der Waals surface area contributed by atoms with Crippen molar-refractivity contribution in [1.29, 1.82) is 0 Å². The van der Waals surface area contributed by atoms with E-state index in [1.54, 1.807) is 18.1 Å². The normalized spacial score (nSPS) is 18.6. The molecule has 1 saturated heterocycles. The van der Waals surface area contributed by atoms with E-state index in [4.69, 9.17) is 14.2 Å². The Morgan fingerprint density at radius 3 is 2.84 bits per heavy atom. The average Bonchev–Trinajstić information content (AvgIpc) is 3.21. The number of halogens is 1. The van der Waals surface area contributed by atoms with E-state index < -0.39 is 12.3 Å². The molecule has 0 amide bonds. The number of benzene rings is 2. The number of alkyl halides is 1. The molecule has 0 N–H and O–H groups in total. The fourth-order valence-corrected chi connectivity index (χ4v) is 3.96. The second-order valence-electron chi connectivity index (χ2n) is 7.73. The second kappa shape index (κ2) is 8.55. The molecule has 2 aromatic carbocycles. The fraction of sp³-hybridized carbons (Fsp3) is 0.292. The second-order valence-corrected chi connectivity index (χ2v) is 7.73. The van der Waals surface area contributed by atoms with Crippen molar-refractivity contribution in [3.05, 3.63) is 55.0 Å². The Morgan fingerprint density at radius 2 is 2.00 bits per heavy atom. The molecular formula is C24H23FN4O3. The molecule has 8 heteroatoms. The van der Waals surface area contributed by atoms with Crippen molar-refractivity contribution in [2.45, 2.75) is 18.7 Å². The molecule has 2 atom stereocenters. The van der Waals surface area contributed by atoms with E-state index in [1.165, 1.54) is 0 Å². The molecule has 164 valence electrons. The van der Waals surface area contributed by atoms with Crippen molar-refractivity contribution >= 4 is 10.9 Å². The third-order valence-electron chi connectivity index (χ3n) is 5.55. The van der Waals surface area contributed by atoms with E-state index in [9.17, 15) is 4.39 Å². The summed E-state index contributed by atoms with van der Waals surface area (Å²) in [6.07, 6.45) is 2.35. The van der Waals surface area contributed by atoms with Crippen LogP contribution in [0.4, 0.5) is 4.39 Å². The molecule has 1 fully saturated rings. The monoisotopic (exact) mass is 434 g/mol. The summed E-state index contributed by atoms with van der Waals surface area (Å²) >= 11 is 0. The fourth-order valence-electron chi connectivity index (χ4n) is 3.96. The molecule has 0 unspecified atom stereocenters. The third-order valence-corrected chi connectivity index (χ3v) is 5.55. The van der Waals surface area contributed by atoms with Crippen LogP contribution in [0.3, 0.4) is 0 Å². The highest BCUT2D eigenvalue weighted by Gasteiger charge is 2.27. The first kappa shape index (κ1) is 20.4. The molecule has 0 aliphatic carbocycles. The number of aryl methyl sites for hydroxylation is 1. The van der Waals surface area contributed by atoms with Crippen LogP contribution in [-0.2, 0) is 11.8 Å². The summed E-state index contributed by atoms with van der Waals surface area (Å²) in [6, 6.07) is 13.3. The minimum absolute atomic E-state index is 0.0698. The van der Waals surface area contributed by atoms with Crippen LogP contribution in [-0.4, -0.2) is 52.3 Å². The number of aromatic nitrogens is 4. The maximum Gasteiger partial charge on any atom is 0.160 e. The molecule has 1 aliphatic rings. The van der Waals surface area contributed by atoms with Gasteiger partial charge in [0.1, 0.15) is 29.6 Å². The van der Waals surface area contributed by atoms with Crippen molar-refractivity contribution in [2.75, 3.05) is 20.3 Å². The van der Waals surface area contributed by atoms with Crippen LogP contribution in [0.2, 0.25) is 0 Å². The summed E-state index contributed by atoms with van der Waals surface area (Å²) in [6.45, 7) is 0.570. The minimum Gasteiger partial charge on any atom is -0.497 e. The molecule has 4 aromatic rings. The van der Waals surface area contributed by atoms with Gasteiger partial charge in [-0.15, -0.1) is 0 Å².